The van der Waals surface area contributed by atoms with E-state index >= 15 is 0 Å². The topological polar surface area (TPSA) is 54.1 Å². The first-order valence-corrected chi connectivity index (χ1v) is 17.1. The third-order valence-electron chi connectivity index (χ3n) is 9.70. The van der Waals surface area contributed by atoms with Crippen molar-refractivity contribution < 1.29 is 30.5 Å². The van der Waals surface area contributed by atoms with E-state index in [-0.39, 0.29) is 27.0 Å². The van der Waals surface area contributed by atoms with Crippen LogP contribution in [0.25, 0.3) is 33.3 Å². The van der Waals surface area contributed by atoms with Crippen molar-refractivity contribution in [3.8, 4) is 28.8 Å². The third kappa shape index (κ3) is 6.36. The molecule has 0 saturated carbocycles. The number of aryl methyl sites for hydroxylation is 1. The number of para-hydroxylation sites is 1. The number of pyridine rings is 1. The summed E-state index contributed by atoms with van der Waals surface area (Å²) in [6.07, 6.45) is 6.54. The smallest absolute Gasteiger partial charge is 0.509 e. The van der Waals surface area contributed by atoms with Gasteiger partial charge in [-0.3, -0.25) is 4.68 Å². The van der Waals surface area contributed by atoms with Gasteiger partial charge in [-0.2, -0.15) is 16.7 Å². The quantitative estimate of drug-likeness (QED) is 0.113. The van der Waals surface area contributed by atoms with Crippen LogP contribution in [0.15, 0.2) is 78.5 Å². The third-order valence-corrected chi connectivity index (χ3v) is 9.70. The van der Waals surface area contributed by atoms with Crippen molar-refractivity contribution in [2.75, 3.05) is 7.11 Å². The number of rotatable bonds is 8. The van der Waals surface area contributed by atoms with Crippen LogP contribution < -0.4 is 9.47 Å². The molecular formula is C42H44N4O2Pt. The van der Waals surface area contributed by atoms with Crippen LogP contribution >= 0.6 is 0 Å². The predicted octanol–water partition coefficient (Wildman–Crippen LogP) is 10.8. The minimum absolute atomic E-state index is 0. The molecule has 2 atom stereocenters. The van der Waals surface area contributed by atoms with Gasteiger partial charge in [0.25, 0.3) is 0 Å². The van der Waals surface area contributed by atoms with Crippen molar-refractivity contribution in [3.63, 3.8) is 0 Å². The van der Waals surface area contributed by atoms with Crippen molar-refractivity contribution in [2.45, 2.75) is 79.1 Å². The van der Waals surface area contributed by atoms with Gasteiger partial charge < -0.3 is 14.0 Å². The first-order chi connectivity index (χ1) is 23.1. The summed E-state index contributed by atoms with van der Waals surface area (Å²) in [7, 11) is 1.67. The average molecular weight is 832 g/mol. The summed E-state index contributed by atoms with van der Waals surface area (Å²) in [4.78, 5) is 4.69. The maximum atomic E-state index is 6.58. The number of ether oxygens (including phenoxy) is 2. The second-order valence-electron chi connectivity index (χ2n) is 13.9. The standard InChI is InChI=1S/C42H44N4O2.Pt/c1-25(2)41-40(39-28(6)12-11-13-29(39)7)42(26(3)4)46(44-41)30-20-27(5)21-33(22-30)48-32-16-17-35-34-14-9-10-15-36(34)45(37(35)23-32)38-24-31(47-8)18-19-43-38;/h9-10,12,14-21,24-26,29,39H,11,13H2,1-8H3;/q-2;+2/t29-,39?;/m0./s1. The minimum atomic E-state index is 0. The number of hydrogen-bond acceptors (Lipinski definition) is 4. The fourth-order valence-corrected chi connectivity index (χ4v) is 7.54. The second kappa shape index (κ2) is 14.0. The molecule has 0 spiro atoms. The Morgan fingerprint density at radius 2 is 1.69 bits per heavy atom. The van der Waals surface area contributed by atoms with Crippen LogP contribution in [0.1, 0.15) is 94.7 Å². The number of nitrogens with zero attached hydrogens (tertiary/aromatic N) is 4. The zero-order valence-corrected chi connectivity index (χ0v) is 31.8. The average Bonchev–Trinajstić information content (AvgIpc) is 3.61. The molecule has 6 nitrogen and oxygen atoms in total. The van der Waals surface area contributed by atoms with Gasteiger partial charge in [-0.05, 0) is 60.7 Å². The number of methoxy groups -OCH3 is 1. The Kier molecular flexibility index (Phi) is 9.91. The number of benzene rings is 3. The van der Waals surface area contributed by atoms with Crippen LogP contribution in [-0.4, -0.2) is 26.4 Å². The van der Waals surface area contributed by atoms with Crippen LogP contribution in [0.3, 0.4) is 0 Å². The van der Waals surface area contributed by atoms with E-state index in [1.807, 2.05) is 30.3 Å². The number of fused-ring (bicyclic) bond motifs is 3. The Labute approximate surface area is 304 Å². The summed E-state index contributed by atoms with van der Waals surface area (Å²) < 4.78 is 16.4. The van der Waals surface area contributed by atoms with Gasteiger partial charge in [-0.25, -0.2) is 4.98 Å². The summed E-state index contributed by atoms with van der Waals surface area (Å²) in [6.45, 7) is 15.9. The summed E-state index contributed by atoms with van der Waals surface area (Å²) in [6, 6.07) is 27.6. The van der Waals surface area contributed by atoms with Crippen molar-refractivity contribution in [1.29, 1.82) is 0 Å². The Hall–Kier alpha value is -4.15. The molecule has 0 amide bonds. The molecule has 0 radical (unpaired) electrons. The fourth-order valence-electron chi connectivity index (χ4n) is 7.54. The van der Waals surface area contributed by atoms with Gasteiger partial charge in [-0.1, -0.05) is 76.9 Å². The van der Waals surface area contributed by atoms with Crippen LogP contribution in [0.5, 0.6) is 17.2 Å². The molecule has 3 heterocycles. The Balaban J connectivity index is 0.00000417. The molecule has 7 rings (SSSR count). The van der Waals surface area contributed by atoms with Crippen molar-refractivity contribution in [1.82, 2.24) is 19.3 Å². The molecule has 7 heteroatoms. The van der Waals surface area contributed by atoms with Gasteiger partial charge in [0, 0.05) is 46.5 Å². The van der Waals surface area contributed by atoms with Crippen molar-refractivity contribution in [3.05, 3.63) is 113 Å². The summed E-state index contributed by atoms with van der Waals surface area (Å²) >= 11 is 0. The number of hydrogen-bond donors (Lipinski definition) is 0. The van der Waals surface area contributed by atoms with Crippen molar-refractivity contribution >= 4 is 21.8 Å². The van der Waals surface area contributed by atoms with E-state index in [4.69, 9.17) is 19.6 Å². The summed E-state index contributed by atoms with van der Waals surface area (Å²) in [5.74, 6) is 4.25. The van der Waals surface area contributed by atoms with Gasteiger partial charge in [0.2, 0.25) is 0 Å². The van der Waals surface area contributed by atoms with E-state index in [0.717, 1.165) is 51.0 Å². The van der Waals surface area contributed by atoms with Gasteiger partial charge >= 0.3 is 21.1 Å². The molecule has 1 aliphatic rings. The molecule has 3 aromatic carbocycles. The number of aromatic nitrogens is 4. The van der Waals surface area contributed by atoms with Gasteiger partial charge in [0.15, 0.2) is 0 Å². The predicted molar refractivity (Wildman–Crippen MR) is 194 cm³/mol. The Morgan fingerprint density at radius 3 is 2.43 bits per heavy atom. The maximum Gasteiger partial charge on any atom is 2.00 e. The van der Waals surface area contributed by atoms with Crippen LogP contribution in [-0.2, 0) is 21.1 Å². The molecule has 254 valence electrons. The maximum absolute atomic E-state index is 6.58. The molecule has 0 N–H and O–H groups in total. The van der Waals surface area contributed by atoms with E-state index < -0.39 is 0 Å². The van der Waals surface area contributed by atoms with Crippen LogP contribution in [0.4, 0.5) is 0 Å². The molecule has 0 fully saturated rings. The zero-order valence-electron chi connectivity index (χ0n) is 29.6. The SMILES string of the molecule is COc1ccnc(-n2c3[c-]c(Oc4[c-]c(-n5nc(C(C)C)c(C6C(C)=CCC[C@@H]6C)c5C(C)C)cc(C)c4)ccc3c3ccccc32)c1.[Pt+2]. The van der Waals surface area contributed by atoms with E-state index in [1.54, 1.807) is 13.3 Å². The van der Waals surface area contributed by atoms with Gasteiger partial charge in [0.1, 0.15) is 11.6 Å². The first kappa shape index (κ1) is 34.7. The largest absolute Gasteiger partial charge is 2.00 e. The first-order valence-electron chi connectivity index (χ1n) is 17.1. The second-order valence-corrected chi connectivity index (χ2v) is 13.9. The van der Waals surface area contributed by atoms with E-state index in [2.05, 4.69) is 106 Å². The summed E-state index contributed by atoms with van der Waals surface area (Å²) in [5, 5.41) is 7.53. The van der Waals surface area contributed by atoms with Gasteiger partial charge in [0.05, 0.1) is 12.8 Å². The molecule has 0 aliphatic heterocycles. The molecule has 1 aliphatic carbocycles. The monoisotopic (exact) mass is 831 g/mol. The fraction of sp³-hybridized carbons (Fsp3) is 0.333. The molecule has 0 bridgehead atoms. The summed E-state index contributed by atoms with van der Waals surface area (Å²) in [5.41, 5.74) is 9.20. The van der Waals surface area contributed by atoms with Crippen LogP contribution in [0.2, 0.25) is 0 Å². The number of allylic oxidation sites excluding steroid dienone is 2. The van der Waals surface area contributed by atoms with E-state index in [1.165, 1.54) is 28.9 Å². The molecule has 3 aromatic heterocycles. The Bertz CT molecular complexity index is 2170. The molecule has 49 heavy (non-hydrogen) atoms. The molecular weight excluding hydrogens is 788 g/mol. The molecule has 1 unspecified atom stereocenters. The molecule has 6 aromatic rings. The zero-order chi connectivity index (χ0) is 33.7. The normalized spacial score (nSPS) is 16.3. The minimum Gasteiger partial charge on any atom is -0.509 e. The molecule has 0 saturated heterocycles. The van der Waals surface area contributed by atoms with E-state index in [9.17, 15) is 0 Å². The van der Waals surface area contributed by atoms with Gasteiger partial charge in [-0.15, -0.1) is 35.7 Å². The van der Waals surface area contributed by atoms with Crippen LogP contribution in [0, 0.1) is 25.0 Å². The van der Waals surface area contributed by atoms with Crippen molar-refractivity contribution in [2.24, 2.45) is 5.92 Å². The Morgan fingerprint density at radius 1 is 0.898 bits per heavy atom. The van der Waals surface area contributed by atoms with E-state index in [0.29, 0.717) is 29.3 Å².